The number of hydrogen-bond acceptors (Lipinski definition) is 4. The van der Waals surface area contributed by atoms with Gasteiger partial charge in [0.1, 0.15) is 0 Å². The number of carbonyl (C=O) groups excluding carboxylic acids is 1. The van der Waals surface area contributed by atoms with Crippen LogP contribution in [0.3, 0.4) is 0 Å². The van der Waals surface area contributed by atoms with Crippen molar-refractivity contribution in [1.82, 2.24) is 14.5 Å². The van der Waals surface area contributed by atoms with Crippen molar-refractivity contribution in [3.8, 4) is 0 Å². The number of hydrogen-bond donors (Lipinski definition) is 1. The van der Waals surface area contributed by atoms with Crippen molar-refractivity contribution in [2.24, 2.45) is 0 Å². The molecule has 2 aromatic rings. The molecule has 1 N–H and O–H groups in total. The van der Waals surface area contributed by atoms with Gasteiger partial charge in [-0.15, -0.1) is 0 Å². The second-order valence-electron chi connectivity index (χ2n) is 7.70. The lowest BCUT2D eigenvalue weighted by Gasteiger charge is -2.29. The van der Waals surface area contributed by atoms with Crippen LogP contribution in [0.2, 0.25) is 0 Å². The molecule has 6 nitrogen and oxygen atoms in total. The zero-order valence-corrected chi connectivity index (χ0v) is 18.6. The zero-order valence-electron chi connectivity index (χ0n) is 17.8. The van der Waals surface area contributed by atoms with Crippen molar-refractivity contribution in [1.29, 1.82) is 0 Å². The molecular formula is C23H31N3O3S. The van der Waals surface area contributed by atoms with Gasteiger partial charge in [-0.05, 0) is 36.6 Å². The maximum absolute atomic E-state index is 13.4. The average Bonchev–Trinajstić information content (AvgIpc) is 2.78. The first kappa shape index (κ1) is 22.5. The molecule has 0 bridgehead atoms. The smallest absolute Gasteiger partial charge is 0.243 e. The Morgan fingerprint density at radius 3 is 2.20 bits per heavy atom. The molecule has 3 rings (SSSR count). The van der Waals surface area contributed by atoms with Gasteiger partial charge >= 0.3 is 0 Å². The van der Waals surface area contributed by atoms with E-state index in [1.54, 1.807) is 12.1 Å². The van der Waals surface area contributed by atoms with E-state index < -0.39 is 10.0 Å². The van der Waals surface area contributed by atoms with Crippen molar-refractivity contribution in [2.45, 2.75) is 38.1 Å². The van der Waals surface area contributed by atoms with E-state index in [1.165, 1.54) is 4.31 Å². The van der Waals surface area contributed by atoms with E-state index in [0.29, 0.717) is 13.1 Å². The largest absolute Gasteiger partial charge is 0.340 e. The van der Waals surface area contributed by atoms with E-state index in [-0.39, 0.29) is 30.3 Å². The molecule has 0 unspecified atom stereocenters. The van der Waals surface area contributed by atoms with Gasteiger partial charge in [0.2, 0.25) is 15.9 Å². The van der Waals surface area contributed by atoms with Crippen LogP contribution in [0.25, 0.3) is 0 Å². The Bertz CT molecular complexity index is 935. The number of nitrogens with zero attached hydrogens (tertiary/aromatic N) is 2. The molecule has 2 aromatic carbocycles. The normalized spacial score (nSPS) is 14.8. The van der Waals surface area contributed by atoms with Gasteiger partial charge in [0.25, 0.3) is 0 Å². The second-order valence-corrected chi connectivity index (χ2v) is 9.64. The molecule has 1 amide bonds. The Morgan fingerprint density at radius 2 is 1.60 bits per heavy atom. The number of benzene rings is 2. The Kier molecular flexibility index (Phi) is 7.64. The van der Waals surface area contributed by atoms with Gasteiger partial charge in [-0.1, -0.05) is 48.9 Å². The highest BCUT2D eigenvalue weighted by atomic mass is 32.2. The highest BCUT2D eigenvalue weighted by Gasteiger charge is 2.26. The Labute approximate surface area is 179 Å². The molecule has 1 heterocycles. The number of nitrogens with one attached hydrogen (secondary N) is 1. The van der Waals surface area contributed by atoms with Crippen molar-refractivity contribution in [3.05, 3.63) is 65.2 Å². The van der Waals surface area contributed by atoms with Crippen LogP contribution in [0.15, 0.2) is 53.4 Å². The minimum absolute atomic E-state index is 0.00179. The monoisotopic (exact) mass is 429 g/mol. The zero-order chi connectivity index (χ0) is 21.6. The standard InChI is InChI=1S/C23H31N3O3S/c1-3-20-8-10-22(11-9-20)30(28,29)26(18-21-6-4-19(2)5-7-21)15-12-23(27)25-16-13-24-14-17-25/h4-11,24H,3,12-18H2,1-2H3. The summed E-state index contributed by atoms with van der Waals surface area (Å²) in [4.78, 5) is 14.7. The summed E-state index contributed by atoms with van der Waals surface area (Å²) in [5.41, 5.74) is 3.12. The summed E-state index contributed by atoms with van der Waals surface area (Å²) >= 11 is 0. The van der Waals surface area contributed by atoms with Crippen LogP contribution >= 0.6 is 0 Å². The number of sulfonamides is 1. The molecule has 1 aliphatic rings. The Balaban J connectivity index is 1.79. The number of aryl methyl sites for hydroxylation is 2. The third-order valence-corrected chi connectivity index (χ3v) is 7.35. The summed E-state index contributed by atoms with van der Waals surface area (Å²) in [6.45, 7) is 7.34. The van der Waals surface area contributed by atoms with Gasteiger partial charge in [0.05, 0.1) is 4.90 Å². The number of amides is 1. The van der Waals surface area contributed by atoms with Crippen LogP contribution in [0.5, 0.6) is 0 Å². The van der Waals surface area contributed by atoms with Gasteiger partial charge in [0.15, 0.2) is 0 Å². The molecule has 0 atom stereocenters. The van der Waals surface area contributed by atoms with Crippen molar-refractivity contribution in [2.75, 3.05) is 32.7 Å². The van der Waals surface area contributed by atoms with Crippen LogP contribution in [0, 0.1) is 6.92 Å². The quantitative estimate of drug-likeness (QED) is 0.700. The van der Waals surface area contributed by atoms with Gasteiger partial charge in [0, 0.05) is 45.7 Å². The molecule has 1 fully saturated rings. The molecule has 1 aliphatic heterocycles. The molecule has 0 aromatic heterocycles. The number of rotatable bonds is 8. The summed E-state index contributed by atoms with van der Waals surface area (Å²) in [6, 6.07) is 14.9. The van der Waals surface area contributed by atoms with E-state index in [9.17, 15) is 13.2 Å². The first-order valence-corrected chi connectivity index (χ1v) is 12.0. The van der Waals surface area contributed by atoms with E-state index in [1.807, 2.05) is 55.1 Å². The van der Waals surface area contributed by atoms with E-state index in [0.717, 1.165) is 36.2 Å². The molecule has 1 saturated heterocycles. The fourth-order valence-corrected chi connectivity index (χ4v) is 4.95. The lowest BCUT2D eigenvalue weighted by molar-refractivity contribution is -0.131. The molecule has 7 heteroatoms. The molecular weight excluding hydrogens is 398 g/mol. The summed E-state index contributed by atoms with van der Waals surface area (Å²) in [7, 11) is -3.71. The summed E-state index contributed by atoms with van der Waals surface area (Å²) < 4.78 is 28.2. The van der Waals surface area contributed by atoms with Crippen molar-refractivity contribution < 1.29 is 13.2 Å². The molecule has 162 valence electrons. The number of carbonyl (C=O) groups is 1. The van der Waals surface area contributed by atoms with Crippen molar-refractivity contribution in [3.63, 3.8) is 0 Å². The fourth-order valence-electron chi connectivity index (χ4n) is 3.52. The molecule has 0 saturated carbocycles. The van der Waals surface area contributed by atoms with E-state index >= 15 is 0 Å². The average molecular weight is 430 g/mol. The lowest BCUT2D eigenvalue weighted by atomic mass is 10.1. The third kappa shape index (κ3) is 5.68. The highest BCUT2D eigenvalue weighted by molar-refractivity contribution is 7.89. The van der Waals surface area contributed by atoms with Crippen LogP contribution in [-0.2, 0) is 27.8 Å². The minimum atomic E-state index is -3.71. The SMILES string of the molecule is CCc1ccc(S(=O)(=O)N(CCC(=O)N2CCNCC2)Cc2ccc(C)cc2)cc1. The van der Waals surface area contributed by atoms with Gasteiger partial charge in [-0.25, -0.2) is 8.42 Å². The van der Waals surface area contributed by atoms with Crippen LogP contribution in [0.1, 0.15) is 30.0 Å². The highest BCUT2D eigenvalue weighted by Crippen LogP contribution is 2.20. The van der Waals surface area contributed by atoms with Gasteiger partial charge < -0.3 is 10.2 Å². The molecule has 0 aliphatic carbocycles. The Morgan fingerprint density at radius 1 is 1.00 bits per heavy atom. The molecule has 0 spiro atoms. The van der Waals surface area contributed by atoms with E-state index in [4.69, 9.17) is 0 Å². The van der Waals surface area contributed by atoms with Crippen LogP contribution in [-0.4, -0.2) is 56.3 Å². The summed E-state index contributed by atoms with van der Waals surface area (Å²) in [6.07, 6.45) is 1.03. The van der Waals surface area contributed by atoms with Crippen LogP contribution in [0.4, 0.5) is 0 Å². The van der Waals surface area contributed by atoms with Crippen LogP contribution < -0.4 is 5.32 Å². The fraction of sp³-hybridized carbons (Fsp3) is 0.435. The summed E-state index contributed by atoms with van der Waals surface area (Å²) in [5.74, 6) is 0.00179. The predicted octanol–water partition coefficient (Wildman–Crippen LogP) is 2.57. The molecule has 30 heavy (non-hydrogen) atoms. The number of piperazine rings is 1. The maximum atomic E-state index is 13.4. The topological polar surface area (TPSA) is 69.7 Å². The second kappa shape index (κ2) is 10.2. The Hall–Kier alpha value is -2.22. The minimum Gasteiger partial charge on any atom is -0.340 e. The maximum Gasteiger partial charge on any atom is 0.243 e. The van der Waals surface area contributed by atoms with Crippen molar-refractivity contribution >= 4 is 15.9 Å². The first-order valence-electron chi connectivity index (χ1n) is 10.5. The van der Waals surface area contributed by atoms with E-state index in [2.05, 4.69) is 5.32 Å². The first-order chi connectivity index (χ1) is 14.4. The predicted molar refractivity (Wildman–Crippen MR) is 119 cm³/mol. The lowest BCUT2D eigenvalue weighted by Crippen LogP contribution is -2.47. The molecule has 0 radical (unpaired) electrons. The third-order valence-electron chi connectivity index (χ3n) is 5.49. The van der Waals surface area contributed by atoms with Gasteiger partial charge in [-0.3, -0.25) is 4.79 Å². The van der Waals surface area contributed by atoms with Gasteiger partial charge in [-0.2, -0.15) is 4.31 Å². The summed E-state index contributed by atoms with van der Waals surface area (Å²) in [5, 5.41) is 3.23.